The van der Waals surface area contributed by atoms with Gasteiger partial charge in [-0.15, -0.1) is 0 Å². The fourth-order valence-corrected chi connectivity index (χ4v) is 3.66. The molecule has 1 atom stereocenters. The number of hydrazone groups is 1. The van der Waals surface area contributed by atoms with Crippen molar-refractivity contribution >= 4 is 33.1 Å². The van der Waals surface area contributed by atoms with Gasteiger partial charge in [-0.05, 0) is 61.6 Å². The second kappa shape index (κ2) is 8.42. The van der Waals surface area contributed by atoms with Crippen LogP contribution in [0.2, 0.25) is 5.02 Å². The monoisotopic (exact) mass is 406 g/mol. The molecule has 1 heterocycles. The minimum absolute atomic E-state index is 0.446. The lowest BCUT2D eigenvalue weighted by atomic mass is 10.1. The summed E-state index contributed by atoms with van der Waals surface area (Å²) in [6.45, 7) is 2.37. The minimum Gasteiger partial charge on any atom is -0.285 e. The third kappa shape index (κ3) is 5.31. The number of benzene rings is 2. The lowest BCUT2D eigenvalue weighted by molar-refractivity contribution is 0.464. The molecule has 5 nitrogen and oxygen atoms in total. The van der Waals surface area contributed by atoms with E-state index in [0.29, 0.717) is 12.8 Å². The second-order valence-corrected chi connectivity index (χ2v) is 9.08. The third-order valence-corrected chi connectivity index (χ3v) is 6.30. The van der Waals surface area contributed by atoms with Crippen molar-refractivity contribution in [3.63, 3.8) is 0 Å². The van der Waals surface area contributed by atoms with Crippen molar-refractivity contribution in [1.82, 2.24) is 0 Å². The van der Waals surface area contributed by atoms with Crippen molar-refractivity contribution in [3.8, 4) is 0 Å². The van der Waals surface area contributed by atoms with Gasteiger partial charge in [-0.25, -0.2) is 0 Å². The molecule has 0 bridgehead atoms. The average molecular weight is 407 g/mol. The Morgan fingerprint density at radius 2 is 1.81 bits per heavy atom. The van der Waals surface area contributed by atoms with Crippen LogP contribution in [0, 0.1) is 0 Å². The minimum atomic E-state index is -3.93. The maximum atomic E-state index is 11.0. The summed E-state index contributed by atoms with van der Waals surface area (Å²) in [5.41, 5.74) is 4.32. The summed E-state index contributed by atoms with van der Waals surface area (Å²) >= 11 is 5.94. The van der Waals surface area contributed by atoms with Crippen LogP contribution in [0.25, 0.3) is 0 Å². The molecule has 1 aliphatic heterocycles. The number of halogens is 1. The van der Waals surface area contributed by atoms with Crippen molar-refractivity contribution in [2.75, 3.05) is 11.6 Å². The van der Waals surface area contributed by atoms with Crippen molar-refractivity contribution in [3.05, 3.63) is 64.7 Å². The molecule has 1 aliphatic rings. The highest BCUT2D eigenvalue weighted by atomic mass is 35.5. The van der Waals surface area contributed by atoms with Crippen molar-refractivity contribution in [2.45, 2.75) is 37.9 Å². The van der Waals surface area contributed by atoms with Gasteiger partial charge >= 0.3 is 0 Å². The molecule has 0 radical (unpaired) electrons. The summed E-state index contributed by atoms with van der Waals surface area (Å²) in [5, 5.41) is 6.70. The van der Waals surface area contributed by atoms with Gasteiger partial charge in [0.05, 0.1) is 16.6 Å². The number of nitrogens with zero attached hydrogens (tertiary/aromatic N) is 2. The first-order chi connectivity index (χ1) is 12.8. The van der Waals surface area contributed by atoms with Crippen molar-refractivity contribution in [2.24, 2.45) is 5.10 Å². The largest absolute Gasteiger partial charge is 0.285 e. The van der Waals surface area contributed by atoms with Gasteiger partial charge in [-0.3, -0.25) is 9.56 Å². The first-order valence-electron chi connectivity index (χ1n) is 8.99. The van der Waals surface area contributed by atoms with Crippen LogP contribution in [0.1, 0.15) is 37.3 Å². The van der Waals surface area contributed by atoms with E-state index in [-0.39, 0.29) is 0 Å². The van der Waals surface area contributed by atoms with E-state index in [9.17, 15) is 8.42 Å². The highest BCUT2D eigenvalue weighted by Gasteiger charge is 2.18. The van der Waals surface area contributed by atoms with E-state index in [2.05, 4.69) is 0 Å². The van der Waals surface area contributed by atoms with E-state index in [0.717, 1.165) is 46.9 Å². The molecular weight excluding hydrogens is 384 g/mol. The topological polar surface area (TPSA) is 70.0 Å². The molecule has 0 aromatic heterocycles. The molecule has 7 heteroatoms. The molecule has 2 aromatic rings. The zero-order valence-electron chi connectivity index (χ0n) is 15.2. The third-order valence-electron chi connectivity index (χ3n) is 4.80. The Bertz CT molecular complexity index is 909. The molecule has 0 amide bonds. The van der Waals surface area contributed by atoms with Gasteiger partial charge in [0.1, 0.15) is 0 Å². The molecule has 0 spiro atoms. The molecule has 144 valence electrons. The first kappa shape index (κ1) is 19.9. The zero-order valence-corrected chi connectivity index (χ0v) is 16.7. The SMILES string of the molecule is CC(CCCc1ccc(N2CCC(c3ccc(Cl)cc3)=N2)cc1)S(=O)(=O)O. The van der Waals surface area contributed by atoms with Gasteiger partial charge in [-0.1, -0.05) is 35.9 Å². The summed E-state index contributed by atoms with van der Waals surface area (Å²) < 4.78 is 31.1. The highest BCUT2D eigenvalue weighted by molar-refractivity contribution is 7.86. The fraction of sp³-hybridized carbons (Fsp3) is 0.350. The summed E-state index contributed by atoms with van der Waals surface area (Å²) in [6.07, 6.45) is 2.82. The Hall–Kier alpha value is -1.89. The number of aryl methyl sites for hydroxylation is 1. The maximum absolute atomic E-state index is 11.0. The number of rotatable bonds is 7. The Kier molecular flexibility index (Phi) is 6.19. The van der Waals surface area contributed by atoms with E-state index >= 15 is 0 Å². The Morgan fingerprint density at radius 1 is 1.15 bits per heavy atom. The quantitative estimate of drug-likeness (QED) is 0.684. The summed E-state index contributed by atoms with van der Waals surface area (Å²) in [6, 6.07) is 15.9. The highest BCUT2D eigenvalue weighted by Crippen LogP contribution is 2.23. The van der Waals surface area contributed by atoms with Gasteiger partial charge in [0, 0.05) is 18.0 Å². The van der Waals surface area contributed by atoms with E-state index < -0.39 is 15.4 Å². The number of hydrogen-bond donors (Lipinski definition) is 1. The van der Waals surface area contributed by atoms with Crippen molar-refractivity contribution in [1.29, 1.82) is 0 Å². The maximum Gasteiger partial charge on any atom is 0.267 e. The molecular formula is C20H23ClN2O3S. The van der Waals surface area contributed by atoms with E-state index in [1.807, 2.05) is 53.5 Å². The molecule has 1 unspecified atom stereocenters. The Morgan fingerprint density at radius 3 is 2.44 bits per heavy atom. The average Bonchev–Trinajstić information content (AvgIpc) is 3.12. The van der Waals surface area contributed by atoms with Gasteiger partial charge < -0.3 is 0 Å². The smallest absolute Gasteiger partial charge is 0.267 e. The molecule has 0 aliphatic carbocycles. The summed E-state index contributed by atoms with van der Waals surface area (Å²) in [7, 11) is -3.93. The molecule has 27 heavy (non-hydrogen) atoms. The molecule has 0 saturated heterocycles. The molecule has 0 fully saturated rings. The molecule has 2 aromatic carbocycles. The summed E-state index contributed by atoms with van der Waals surface area (Å²) in [5.74, 6) is 0. The second-order valence-electron chi connectivity index (χ2n) is 6.81. The standard InChI is InChI=1S/C20H23ClN2O3S/c1-15(27(24,25)26)3-2-4-16-5-11-19(12-6-16)23-14-13-20(22-23)17-7-9-18(21)10-8-17/h5-12,15H,2-4,13-14H2,1H3,(H,24,25,26). The Labute approximate surface area is 165 Å². The lowest BCUT2D eigenvalue weighted by Crippen LogP contribution is -2.16. The van der Waals surface area contributed by atoms with Crippen LogP contribution in [-0.2, 0) is 16.5 Å². The van der Waals surface area contributed by atoms with Crippen LogP contribution >= 0.6 is 11.6 Å². The van der Waals surface area contributed by atoms with E-state index in [1.54, 1.807) is 0 Å². The Balaban J connectivity index is 1.58. The van der Waals surface area contributed by atoms with Crippen LogP contribution in [-0.4, -0.2) is 30.5 Å². The van der Waals surface area contributed by atoms with Crippen LogP contribution in [0.3, 0.4) is 0 Å². The number of hydrogen-bond acceptors (Lipinski definition) is 4. The van der Waals surface area contributed by atoms with Gasteiger partial charge in [0.25, 0.3) is 10.1 Å². The van der Waals surface area contributed by atoms with Gasteiger partial charge in [0.15, 0.2) is 0 Å². The lowest BCUT2D eigenvalue weighted by Gasteiger charge is -2.14. The van der Waals surface area contributed by atoms with Crippen LogP contribution in [0.4, 0.5) is 5.69 Å². The van der Waals surface area contributed by atoms with Gasteiger partial charge in [-0.2, -0.15) is 13.5 Å². The first-order valence-corrected chi connectivity index (χ1v) is 10.9. The predicted octanol–water partition coefficient (Wildman–Crippen LogP) is 4.55. The van der Waals surface area contributed by atoms with Gasteiger partial charge in [0.2, 0.25) is 0 Å². The van der Waals surface area contributed by atoms with Crippen molar-refractivity contribution < 1.29 is 13.0 Å². The zero-order chi connectivity index (χ0) is 19.4. The number of anilines is 1. The normalized spacial score (nSPS) is 15.7. The van der Waals surface area contributed by atoms with Crippen LogP contribution < -0.4 is 5.01 Å². The fourth-order valence-electron chi connectivity index (χ4n) is 3.07. The predicted molar refractivity (Wildman–Crippen MR) is 110 cm³/mol. The van der Waals surface area contributed by atoms with Crippen LogP contribution in [0.5, 0.6) is 0 Å². The van der Waals surface area contributed by atoms with E-state index in [1.165, 1.54) is 6.92 Å². The molecule has 3 rings (SSSR count). The molecule has 0 saturated carbocycles. The van der Waals surface area contributed by atoms with Crippen LogP contribution in [0.15, 0.2) is 53.6 Å². The molecule has 1 N–H and O–H groups in total. The van der Waals surface area contributed by atoms with E-state index in [4.69, 9.17) is 21.3 Å². The summed E-state index contributed by atoms with van der Waals surface area (Å²) in [4.78, 5) is 0.